The average molecular weight is 334 g/mol. The summed E-state index contributed by atoms with van der Waals surface area (Å²) in [5.41, 5.74) is 2.06. The Hall–Kier alpha value is -2.22. The number of amides is 1. The van der Waals surface area contributed by atoms with Crippen LogP contribution in [0.5, 0.6) is 0 Å². The number of benzene rings is 1. The maximum atomic E-state index is 11.4. The summed E-state index contributed by atoms with van der Waals surface area (Å²) in [6.07, 6.45) is 1.81. The Bertz CT molecular complexity index is 828. The fourth-order valence-electron chi connectivity index (χ4n) is 2.94. The van der Waals surface area contributed by atoms with Crippen molar-refractivity contribution in [2.24, 2.45) is 5.41 Å². The van der Waals surface area contributed by atoms with Crippen LogP contribution < -0.4 is 5.32 Å². The van der Waals surface area contributed by atoms with E-state index in [0.29, 0.717) is 12.2 Å². The largest absolute Gasteiger partial charge is 0.326 e. The number of hydrogen-bond donors (Lipinski definition) is 1. The molecule has 122 valence electrons. The number of anilines is 1. The molecule has 1 aromatic carbocycles. The highest BCUT2D eigenvalue weighted by molar-refractivity contribution is 7.92. The van der Waals surface area contributed by atoms with Crippen molar-refractivity contribution in [1.29, 1.82) is 0 Å². The molecule has 1 N–H and O–H groups in total. The first-order valence-electron chi connectivity index (χ1n) is 7.23. The molecule has 2 aromatic rings. The SMILES string of the molecule is CC(=O)Nc1ccc(-c2cn(CC3(C)CS(=O)(=O)C3)nn2)cc1. The lowest BCUT2D eigenvalue weighted by atomic mass is 9.95. The van der Waals surface area contributed by atoms with Crippen LogP contribution in [0.4, 0.5) is 5.69 Å². The smallest absolute Gasteiger partial charge is 0.221 e. The molecule has 8 heteroatoms. The van der Waals surface area contributed by atoms with Crippen LogP contribution in [0.15, 0.2) is 30.5 Å². The van der Waals surface area contributed by atoms with Gasteiger partial charge in [0.2, 0.25) is 5.91 Å². The average Bonchev–Trinajstić information content (AvgIpc) is 2.84. The van der Waals surface area contributed by atoms with Crippen LogP contribution in [0.3, 0.4) is 0 Å². The third-order valence-corrected chi connectivity index (χ3v) is 5.99. The van der Waals surface area contributed by atoms with Gasteiger partial charge in [-0.15, -0.1) is 5.10 Å². The van der Waals surface area contributed by atoms with Crippen molar-refractivity contribution >= 4 is 21.4 Å². The second-order valence-corrected chi connectivity index (χ2v) is 8.47. The van der Waals surface area contributed by atoms with Gasteiger partial charge in [-0.2, -0.15) is 0 Å². The molecule has 7 nitrogen and oxygen atoms in total. The maximum absolute atomic E-state index is 11.4. The molecule has 0 saturated carbocycles. The van der Waals surface area contributed by atoms with E-state index in [4.69, 9.17) is 0 Å². The van der Waals surface area contributed by atoms with Crippen LogP contribution in [-0.4, -0.2) is 40.8 Å². The molecule has 0 bridgehead atoms. The van der Waals surface area contributed by atoms with E-state index in [1.807, 2.05) is 25.3 Å². The van der Waals surface area contributed by atoms with Gasteiger partial charge in [-0.05, 0) is 12.1 Å². The lowest BCUT2D eigenvalue weighted by Gasteiger charge is -2.37. The highest BCUT2D eigenvalue weighted by atomic mass is 32.2. The van der Waals surface area contributed by atoms with Crippen LogP contribution in [-0.2, 0) is 21.2 Å². The lowest BCUT2D eigenvalue weighted by molar-refractivity contribution is -0.114. The van der Waals surface area contributed by atoms with Gasteiger partial charge in [0, 0.05) is 30.1 Å². The van der Waals surface area contributed by atoms with Gasteiger partial charge in [-0.1, -0.05) is 24.3 Å². The lowest BCUT2D eigenvalue weighted by Crippen LogP contribution is -2.48. The second-order valence-electron chi connectivity index (χ2n) is 6.40. The van der Waals surface area contributed by atoms with Crippen LogP contribution >= 0.6 is 0 Å². The van der Waals surface area contributed by atoms with Crippen molar-refractivity contribution in [3.05, 3.63) is 30.5 Å². The fraction of sp³-hybridized carbons (Fsp3) is 0.400. The van der Waals surface area contributed by atoms with Crippen molar-refractivity contribution < 1.29 is 13.2 Å². The highest BCUT2D eigenvalue weighted by Crippen LogP contribution is 2.34. The van der Waals surface area contributed by atoms with Crippen molar-refractivity contribution in [3.8, 4) is 11.3 Å². The van der Waals surface area contributed by atoms with Gasteiger partial charge in [0.15, 0.2) is 9.84 Å². The van der Waals surface area contributed by atoms with Crippen LogP contribution in [0.25, 0.3) is 11.3 Å². The normalized spacial score (nSPS) is 18.2. The molecular formula is C15H18N4O3S. The number of carbonyl (C=O) groups excluding carboxylic acids is 1. The topological polar surface area (TPSA) is 94.0 Å². The van der Waals surface area contributed by atoms with E-state index >= 15 is 0 Å². The molecule has 3 rings (SSSR count). The first-order chi connectivity index (χ1) is 10.7. The molecule has 0 spiro atoms. The van der Waals surface area contributed by atoms with Gasteiger partial charge in [0.25, 0.3) is 0 Å². The van der Waals surface area contributed by atoms with Crippen LogP contribution in [0.2, 0.25) is 0 Å². The van der Waals surface area contributed by atoms with Gasteiger partial charge in [-0.3, -0.25) is 9.48 Å². The fourth-order valence-corrected chi connectivity index (χ4v) is 5.16. The zero-order valence-corrected chi connectivity index (χ0v) is 13.8. The number of sulfone groups is 1. The van der Waals surface area contributed by atoms with Crippen LogP contribution in [0.1, 0.15) is 13.8 Å². The Morgan fingerprint density at radius 2 is 1.96 bits per heavy atom. The van der Waals surface area contributed by atoms with E-state index < -0.39 is 9.84 Å². The standard InChI is InChI=1S/C15H18N4O3S/c1-11(20)16-13-5-3-12(4-6-13)14-7-19(18-17-14)8-15(2)9-23(21,22)10-15/h3-7H,8-10H2,1-2H3,(H,16,20). The Balaban J connectivity index is 1.71. The predicted octanol–water partition coefficient (Wildman–Crippen LogP) is 1.34. The number of carbonyl (C=O) groups is 1. The van der Waals surface area contributed by atoms with Crippen molar-refractivity contribution in [1.82, 2.24) is 15.0 Å². The van der Waals surface area contributed by atoms with E-state index in [1.54, 1.807) is 16.8 Å². The first kappa shape index (κ1) is 15.7. The predicted molar refractivity (Wildman–Crippen MR) is 86.5 cm³/mol. The second kappa shape index (κ2) is 5.45. The molecule has 23 heavy (non-hydrogen) atoms. The van der Waals surface area contributed by atoms with Crippen LogP contribution in [0, 0.1) is 5.41 Å². The molecule has 1 amide bonds. The highest BCUT2D eigenvalue weighted by Gasteiger charge is 2.45. The molecule has 0 radical (unpaired) electrons. The molecule has 0 aliphatic carbocycles. The molecule has 0 atom stereocenters. The van der Waals surface area contributed by atoms with Gasteiger partial charge in [0.1, 0.15) is 5.69 Å². The quantitative estimate of drug-likeness (QED) is 0.910. The van der Waals surface area contributed by atoms with Crippen molar-refractivity contribution in [2.45, 2.75) is 20.4 Å². The van der Waals surface area contributed by atoms with E-state index in [1.165, 1.54) is 6.92 Å². The number of hydrogen-bond acceptors (Lipinski definition) is 5. The van der Waals surface area contributed by atoms with E-state index in [2.05, 4.69) is 15.6 Å². The van der Waals surface area contributed by atoms with E-state index in [0.717, 1.165) is 11.3 Å². The zero-order chi connectivity index (χ0) is 16.7. The molecule has 0 unspecified atom stereocenters. The Labute approximate surface area is 134 Å². The number of aromatic nitrogens is 3. The summed E-state index contributed by atoms with van der Waals surface area (Å²) in [5.74, 6) is 0.272. The molecule has 1 aliphatic rings. The number of nitrogens with zero attached hydrogens (tertiary/aromatic N) is 3. The summed E-state index contributed by atoms with van der Waals surface area (Å²) in [5, 5.41) is 10.9. The molecular weight excluding hydrogens is 316 g/mol. The minimum absolute atomic E-state index is 0.118. The first-order valence-corrected chi connectivity index (χ1v) is 9.05. The summed E-state index contributed by atoms with van der Waals surface area (Å²) in [6, 6.07) is 7.31. The van der Waals surface area contributed by atoms with Gasteiger partial charge >= 0.3 is 0 Å². The Morgan fingerprint density at radius 3 is 2.52 bits per heavy atom. The van der Waals surface area contributed by atoms with Crippen molar-refractivity contribution in [2.75, 3.05) is 16.8 Å². The minimum Gasteiger partial charge on any atom is -0.326 e. The zero-order valence-electron chi connectivity index (χ0n) is 13.0. The number of nitrogens with one attached hydrogen (secondary N) is 1. The summed E-state index contributed by atoms with van der Waals surface area (Å²) in [4.78, 5) is 11.0. The minimum atomic E-state index is -2.87. The van der Waals surface area contributed by atoms with Crippen molar-refractivity contribution in [3.63, 3.8) is 0 Å². The summed E-state index contributed by atoms with van der Waals surface area (Å²) in [7, 11) is -2.87. The van der Waals surface area contributed by atoms with Gasteiger partial charge in [-0.25, -0.2) is 8.42 Å². The maximum Gasteiger partial charge on any atom is 0.221 e. The Kier molecular flexibility index (Phi) is 3.71. The van der Waals surface area contributed by atoms with E-state index in [9.17, 15) is 13.2 Å². The molecule has 1 fully saturated rings. The Morgan fingerprint density at radius 1 is 1.30 bits per heavy atom. The molecule has 1 aliphatic heterocycles. The monoisotopic (exact) mass is 334 g/mol. The molecule has 1 aromatic heterocycles. The van der Waals surface area contributed by atoms with Gasteiger partial charge < -0.3 is 5.32 Å². The van der Waals surface area contributed by atoms with E-state index in [-0.39, 0.29) is 22.8 Å². The number of rotatable bonds is 4. The summed E-state index contributed by atoms with van der Waals surface area (Å²) in [6.45, 7) is 3.93. The van der Waals surface area contributed by atoms with Gasteiger partial charge in [0.05, 0.1) is 17.7 Å². The third-order valence-electron chi connectivity index (χ3n) is 3.72. The summed E-state index contributed by atoms with van der Waals surface area (Å²) < 4.78 is 24.4. The molecule has 1 saturated heterocycles. The third kappa shape index (κ3) is 3.58. The molecule has 2 heterocycles. The summed E-state index contributed by atoms with van der Waals surface area (Å²) >= 11 is 0.